The average molecular weight is 361 g/mol. The lowest BCUT2D eigenvalue weighted by Gasteiger charge is -2.32. The zero-order valence-corrected chi connectivity index (χ0v) is 15.7. The van der Waals surface area contributed by atoms with E-state index in [1.54, 1.807) is 4.90 Å². The maximum Gasteiger partial charge on any atom is 0.318 e. The second kappa shape index (κ2) is 8.40. The molecular formula is C19H29N4O3+. The van der Waals surface area contributed by atoms with E-state index >= 15 is 0 Å². The molecule has 0 aromatic heterocycles. The lowest BCUT2D eigenvalue weighted by molar-refractivity contribution is -0.902. The molecule has 1 atom stereocenters. The highest BCUT2D eigenvalue weighted by molar-refractivity contribution is 5.96. The van der Waals surface area contributed by atoms with Crippen LogP contribution in [0.4, 0.5) is 10.5 Å². The summed E-state index contributed by atoms with van der Waals surface area (Å²) in [5, 5.41) is 3.03. The number of quaternary nitrogens is 1. The molecule has 2 saturated heterocycles. The van der Waals surface area contributed by atoms with Gasteiger partial charge in [-0.2, -0.15) is 0 Å². The molecular weight excluding hydrogens is 332 g/mol. The minimum absolute atomic E-state index is 0.0414. The fourth-order valence-corrected chi connectivity index (χ4v) is 3.59. The number of rotatable bonds is 5. The summed E-state index contributed by atoms with van der Waals surface area (Å²) in [7, 11) is 0. The van der Waals surface area contributed by atoms with Crippen LogP contribution in [0.3, 0.4) is 0 Å². The van der Waals surface area contributed by atoms with Gasteiger partial charge < -0.3 is 24.8 Å². The number of carbonyl (C=O) groups excluding carboxylic acids is 2. The van der Waals surface area contributed by atoms with E-state index in [1.807, 2.05) is 36.1 Å². The molecule has 7 heteroatoms. The van der Waals surface area contributed by atoms with Crippen molar-refractivity contribution in [2.24, 2.45) is 0 Å². The number of anilines is 1. The summed E-state index contributed by atoms with van der Waals surface area (Å²) < 4.78 is 5.44. The van der Waals surface area contributed by atoms with E-state index in [9.17, 15) is 9.59 Å². The molecule has 0 radical (unpaired) electrons. The van der Waals surface area contributed by atoms with Gasteiger partial charge in [0.05, 0.1) is 45.4 Å². The molecule has 2 N–H and O–H groups in total. The van der Waals surface area contributed by atoms with E-state index in [2.05, 4.69) is 12.2 Å². The highest BCUT2D eigenvalue weighted by Gasteiger charge is 2.33. The molecule has 142 valence electrons. The Kier molecular flexibility index (Phi) is 5.98. The molecule has 3 rings (SSSR count). The zero-order chi connectivity index (χ0) is 18.5. The summed E-state index contributed by atoms with van der Waals surface area (Å²) in [6.07, 6.45) is 0.346. The molecule has 0 saturated carbocycles. The number of likely N-dealkylation sites (N-methyl/N-ethyl adjacent to an activating group) is 1. The van der Waals surface area contributed by atoms with Crippen molar-refractivity contribution in [2.45, 2.75) is 26.3 Å². The Bertz CT molecular complexity index is 626. The van der Waals surface area contributed by atoms with Crippen LogP contribution in [0.5, 0.6) is 5.75 Å². The highest BCUT2D eigenvalue weighted by Crippen LogP contribution is 2.24. The molecule has 26 heavy (non-hydrogen) atoms. The van der Waals surface area contributed by atoms with Gasteiger partial charge in [0.15, 0.2) is 0 Å². The smallest absolute Gasteiger partial charge is 0.318 e. The zero-order valence-electron chi connectivity index (χ0n) is 15.7. The Morgan fingerprint density at radius 2 is 1.92 bits per heavy atom. The fraction of sp³-hybridized carbons (Fsp3) is 0.579. The summed E-state index contributed by atoms with van der Waals surface area (Å²) in [6.45, 7) is 9.87. The number of carbonyl (C=O) groups is 2. The van der Waals surface area contributed by atoms with E-state index in [-0.39, 0.29) is 18.0 Å². The van der Waals surface area contributed by atoms with E-state index in [4.69, 9.17) is 4.74 Å². The first-order valence-electron chi connectivity index (χ1n) is 9.53. The molecule has 7 nitrogen and oxygen atoms in total. The van der Waals surface area contributed by atoms with E-state index < -0.39 is 0 Å². The predicted molar refractivity (Wildman–Crippen MR) is 99.7 cm³/mol. The standard InChI is InChI=1S/C19H28N4O3/c1-3-21-9-11-22(12-10-21)19(25)20-15-13-18(24)23(14-15)16-5-7-17(8-6-16)26-4-2/h5-8,15H,3-4,9-14H2,1-2H3,(H,20,25)/p+1/t15-/m0/s1. The third-order valence-corrected chi connectivity index (χ3v) is 5.17. The number of urea groups is 1. The Balaban J connectivity index is 1.53. The maximum absolute atomic E-state index is 12.5. The Morgan fingerprint density at radius 1 is 1.23 bits per heavy atom. The van der Waals surface area contributed by atoms with Gasteiger partial charge in [-0.1, -0.05) is 0 Å². The van der Waals surface area contributed by atoms with Gasteiger partial charge in [0.1, 0.15) is 5.75 Å². The minimum atomic E-state index is -0.141. The van der Waals surface area contributed by atoms with Crippen molar-refractivity contribution in [1.29, 1.82) is 0 Å². The van der Waals surface area contributed by atoms with Gasteiger partial charge in [0, 0.05) is 18.7 Å². The molecule has 2 heterocycles. The topological polar surface area (TPSA) is 66.3 Å². The molecule has 0 bridgehead atoms. The van der Waals surface area contributed by atoms with Crippen LogP contribution in [-0.4, -0.2) is 68.8 Å². The van der Waals surface area contributed by atoms with Crippen molar-refractivity contribution in [3.63, 3.8) is 0 Å². The Morgan fingerprint density at radius 3 is 2.54 bits per heavy atom. The largest absolute Gasteiger partial charge is 0.494 e. The quantitative estimate of drug-likeness (QED) is 0.783. The van der Waals surface area contributed by atoms with Gasteiger partial charge in [0.25, 0.3) is 0 Å². The van der Waals surface area contributed by atoms with Gasteiger partial charge in [-0.15, -0.1) is 0 Å². The number of hydrogen-bond donors (Lipinski definition) is 2. The predicted octanol–water partition coefficient (Wildman–Crippen LogP) is 0.121. The molecule has 1 aromatic carbocycles. The molecule has 0 spiro atoms. The minimum Gasteiger partial charge on any atom is -0.494 e. The van der Waals surface area contributed by atoms with Crippen LogP contribution in [0.2, 0.25) is 0 Å². The average Bonchev–Trinajstić information content (AvgIpc) is 3.03. The van der Waals surface area contributed by atoms with Gasteiger partial charge in [-0.25, -0.2) is 4.79 Å². The normalized spacial score (nSPS) is 21.2. The van der Waals surface area contributed by atoms with E-state index in [0.29, 0.717) is 19.6 Å². The van der Waals surface area contributed by atoms with Crippen molar-refractivity contribution >= 4 is 17.6 Å². The first kappa shape index (κ1) is 18.5. The summed E-state index contributed by atoms with van der Waals surface area (Å²) in [5.41, 5.74) is 0.843. The Labute approximate surface area is 154 Å². The molecule has 2 aliphatic rings. The lowest BCUT2D eigenvalue weighted by Crippen LogP contribution is -3.14. The molecule has 3 amide bonds. The van der Waals surface area contributed by atoms with Crippen LogP contribution in [0.1, 0.15) is 20.3 Å². The van der Waals surface area contributed by atoms with E-state index in [1.165, 1.54) is 4.90 Å². The lowest BCUT2D eigenvalue weighted by atomic mass is 10.2. The van der Waals surface area contributed by atoms with Crippen molar-refractivity contribution < 1.29 is 19.2 Å². The van der Waals surface area contributed by atoms with Crippen LogP contribution in [0.25, 0.3) is 0 Å². The third kappa shape index (κ3) is 4.27. The second-order valence-electron chi connectivity index (χ2n) is 6.87. The first-order chi connectivity index (χ1) is 12.6. The summed E-state index contributed by atoms with van der Waals surface area (Å²) in [6, 6.07) is 7.32. The monoisotopic (exact) mass is 361 g/mol. The summed E-state index contributed by atoms with van der Waals surface area (Å²) in [4.78, 5) is 30.0. The number of nitrogens with zero attached hydrogens (tertiary/aromatic N) is 2. The number of nitrogens with one attached hydrogen (secondary N) is 2. The number of amides is 3. The van der Waals surface area contributed by atoms with E-state index in [0.717, 1.165) is 44.2 Å². The second-order valence-corrected chi connectivity index (χ2v) is 6.87. The molecule has 0 unspecified atom stereocenters. The molecule has 2 aliphatic heterocycles. The van der Waals surface area contributed by atoms with Crippen LogP contribution < -0.4 is 19.9 Å². The SMILES string of the molecule is CCOc1ccc(N2C[C@@H](NC(=O)N3CC[NH+](CC)CC3)CC2=O)cc1. The van der Waals surface area contributed by atoms with Crippen molar-refractivity contribution in [2.75, 3.05) is 50.8 Å². The van der Waals surface area contributed by atoms with Gasteiger partial charge in [0.2, 0.25) is 5.91 Å². The summed E-state index contributed by atoms with van der Waals surface area (Å²) in [5.74, 6) is 0.834. The Hall–Kier alpha value is -2.28. The summed E-state index contributed by atoms with van der Waals surface area (Å²) >= 11 is 0. The van der Waals surface area contributed by atoms with Gasteiger partial charge >= 0.3 is 6.03 Å². The number of ether oxygens (including phenoxy) is 1. The van der Waals surface area contributed by atoms with Crippen molar-refractivity contribution in [3.8, 4) is 5.75 Å². The first-order valence-corrected chi connectivity index (χ1v) is 9.53. The van der Waals surface area contributed by atoms with Gasteiger partial charge in [-0.3, -0.25) is 4.79 Å². The maximum atomic E-state index is 12.5. The third-order valence-electron chi connectivity index (χ3n) is 5.17. The fourth-order valence-electron chi connectivity index (χ4n) is 3.59. The number of piperazine rings is 1. The molecule has 2 fully saturated rings. The van der Waals surface area contributed by atoms with Crippen molar-refractivity contribution in [1.82, 2.24) is 10.2 Å². The van der Waals surface area contributed by atoms with Gasteiger partial charge in [-0.05, 0) is 38.1 Å². The highest BCUT2D eigenvalue weighted by atomic mass is 16.5. The number of benzene rings is 1. The van der Waals surface area contributed by atoms with Crippen LogP contribution >= 0.6 is 0 Å². The van der Waals surface area contributed by atoms with Crippen LogP contribution in [0.15, 0.2) is 24.3 Å². The number of hydrogen-bond acceptors (Lipinski definition) is 3. The van der Waals surface area contributed by atoms with Crippen molar-refractivity contribution in [3.05, 3.63) is 24.3 Å². The molecule has 1 aromatic rings. The van der Waals surface area contributed by atoms with Crippen LogP contribution in [0, 0.1) is 0 Å². The molecule has 0 aliphatic carbocycles. The van der Waals surface area contributed by atoms with Crippen LogP contribution in [-0.2, 0) is 4.79 Å².